The maximum absolute atomic E-state index is 2.50. The Morgan fingerprint density at radius 3 is 1.71 bits per heavy atom. The van der Waals surface area contributed by atoms with Gasteiger partial charge in [-0.05, 0) is 44.7 Å². The topological polar surface area (TPSA) is 38.2 Å². The van der Waals surface area contributed by atoms with Gasteiger partial charge in [-0.15, -0.1) is 0 Å². The summed E-state index contributed by atoms with van der Waals surface area (Å²) in [6.07, 6.45) is 1.31. The quantitative estimate of drug-likeness (QED) is 0.651. The zero-order valence-corrected chi connectivity index (χ0v) is 11.1. The van der Waals surface area contributed by atoms with E-state index >= 15 is 0 Å². The molecule has 86 valence electrons. The van der Waals surface area contributed by atoms with Gasteiger partial charge in [-0.25, -0.2) is 0 Å². The highest BCUT2D eigenvalue weighted by Crippen LogP contribution is 2.53. The van der Waals surface area contributed by atoms with Gasteiger partial charge in [-0.1, -0.05) is 27.7 Å². The monoisotopic (exact) mass is 200 g/mol. The van der Waals surface area contributed by atoms with Crippen LogP contribution in [0, 0.1) is 10.8 Å². The average molecular weight is 200 g/mol. The van der Waals surface area contributed by atoms with Gasteiger partial charge < -0.3 is 11.1 Å². The second-order valence-corrected chi connectivity index (χ2v) is 6.24. The van der Waals surface area contributed by atoms with E-state index < -0.39 is 0 Å². The number of hydrogen-bond acceptors (Lipinski definition) is 2. The second-order valence-electron chi connectivity index (χ2n) is 6.24. The zero-order valence-electron chi connectivity index (χ0n) is 11.1. The third-order valence-electron chi connectivity index (χ3n) is 5.25. The van der Waals surface area contributed by atoms with Crippen molar-refractivity contribution in [2.24, 2.45) is 10.8 Å². The number of piperidine rings is 1. The molecule has 1 fully saturated rings. The van der Waals surface area contributed by atoms with Gasteiger partial charge in [0.25, 0.3) is 0 Å². The highest BCUT2D eigenvalue weighted by atomic mass is 15.2. The molecular formula is C12H28N2. The zero-order chi connectivity index (χ0) is 10.5. The van der Waals surface area contributed by atoms with Crippen LogP contribution in [-0.2, 0) is 0 Å². The van der Waals surface area contributed by atoms with Crippen molar-refractivity contribution in [1.29, 1.82) is 0 Å². The molecule has 0 aromatic heterocycles. The van der Waals surface area contributed by atoms with Gasteiger partial charge in [0.1, 0.15) is 0 Å². The molecule has 1 aliphatic heterocycles. The predicted molar refractivity (Wildman–Crippen MR) is 63.9 cm³/mol. The van der Waals surface area contributed by atoms with Crippen LogP contribution in [0.4, 0.5) is 0 Å². The van der Waals surface area contributed by atoms with Crippen molar-refractivity contribution in [2.75, 3.05) is 13.6 Å². The summed E-state index contributed by atoms with van der Waals surface area (Å²) in [5, 5.41) is 0. The second kappa shape index (κ2) is 3.49. The molecule has 1 saturated heterocycles. The Morgan fingerprint density at radius 1 is 0.929 bits per heavy atom. The van der Waals surface area contributed by atoms with Crippen LogP contribution in [0.1, 0.15) is 48.0 Å². The minimum absolute atomic E-state index is 0. The van der Waals surface area contributed by atoms with Gasteiger partial charge >= 0.3 is 0 Å². The van der Waals surface area contributed by atoms with Crippen molar-refractivity contribution < 1.29 is 0 Å². The lowest BCUT2D eigenvalue weighted by molar-refractivity contribution is -0.101. The van der Waals surface area contributed by atoms with E-state index in [4.69, 9.17) is 0 Å². The van der Waals surface area contributed by atoms with E-state index in [0.29, 0.717) is 16.4 Å². The molecule has 3 N–H and O–H groups in total. The SMILES string of the molecule is CN1CCC(C)(C)C(C)(C)C1(C)C.N. The molecule has 1 rings (SSSR count). The molecule has 2 nitrogen and oxygen atoms in total. The number of rotatable bonds is 0. The number of hydrogen-bond donors (Lipinski definition) is 1. The Labute approximate surface area is 89.6 Å². The Kier molecular flexibility index (Phi) is 3.47. The van der Waals surface area contributed by atoms with Gasteiger partial charge in [0.05, 0.1) is 0 Å². The van der Waals surface area contributed by atoms with Crippen molar-refractivity contribution in [3.05, 3.63) is 0 Å². The van der Waals surface area contributed by atoms with Crippen molar-refractivity contribution in [1.82, 2.24) is 11.1 Å². The lowest BCUT2D eigenvalue weighted by Crippen LogP contribution is -2.62. The Hall–Kier alpha value is -0.0800. The lowest BCUT2D eigenvalue weighted by Gasteiger charge is -2.60. The summed E-state index contributed by atoms with van der Waals surface area (Å²) >= 11 is 0. The third kappa shape index (κ3) is 1.59. The van der Waals surface area contributed by atoms with E-state index in [1.54, 1.807) is 0 Å². The molecule has 1 heterocycles. The molecule has 0 aromatic carbocycles. The van der Waals surface area contributed by atoms with E-state index in [1.165, 1.54) is 13.0 Å². The third-order valence-corrected chi connectivity index (χ3v) is 5.25. The van der Waals surface area contributed by atoms with Gasteiger partial charge in [0.2, 0.25) is 0 Å². The minimum atomic E-state index is 0. The lowest BCUT2D eigenvalue weighted by atomic mass is 9.54. The molecule has 0 aliphatic carbocycles. The maximum atomic E-state index is 2.50. The number of nitrogens with zero attached hydrogens (tertiary/aromatic N) is 1. The fourth-order valence-corrected chi connectivity index (χ4v) is 2.34. The first-order valence-electron chi connectivity index (χ1n) is 5.34. The number of likely N-dealkylation sites (tertiary alicyclic amines) is 1. The van der Waals surface area contributed by atoms with Gasteiger partial charge in [-0.3, -0.25) is 0 Å². The summed E-state index contributed by atoms with van der Waals surface area (Å²) in [5.41, 5.74) is 1.12. The summed E-state index contributed by atoms with van der Waals surface area (Å²) in [4.78, 5) is 2.50. The van der Waals surface area contributed by atoms with Crippen molar-refractivity contribution in [3.63, 3.8) is 0 Å². The molecule has 1 aliphatic rings. The van der Waals surface area contributed by atoms with Gasteiger partial charge in [-0.2, -0.15) is 0 Å². The van der Waals surface area contributed by atoms with E-state index in [9.17, 15) is 0 Å². The van der Waals surface area contributed by atoms with Gasteiger partial charge in [0.15, 0.2) is 0 Å². The van der Waals surface area contributed by atoms with Crippen LogP contribution in [0.15, 0.2) is 0 Å². The van der Waals surface area contributed by atoms with Crippen LogP contribution in [0.2, 0.25) is 0 Å². The Bertz CT molecular complexity index is 204. The van der Waals surface area contributed by atoms with Crippen molar-refractivity contribution in [3.8, 4) is 0 Å². The van der Waals surface area contributed by atoms with E-state index in [0.717, 1.165) is 0 Å². The van der Waals surface area contributed by atoms with Crippen LogP contribution < -0.4 is 6.15 Å². The van der Waals surface area contributed by atoms with Crippen LogP contribution >= 0.6 is 0 Å². The predicted octanol–water partition coefficient (Wildman–Crippen LogP) is 3.31. The molecule has 0 atom stereocenters. The largest absolute Gasteiger partial charge is 0.344 e. The summed E-state index contributed by atoms with van der Waals surface area (Å²) in [6, 6.07) is 0. The van der Waals surface area contributed by atoms with Crippen LogP contribution in [0.3, 0.4) is 0 Å². The molecule has 0 saturated carbocycles. The van der Waals surface area contributed by atoms with Crippen LogP contribution in [0.25, 0.3) is 0 Å². The van der Waals surface area contributed by atoms with Crippen LogP contribution in [0.5, 0.6) is 0 Å². The van der Waals surface area contributed by atoms with E-state index in [-0.39, 0.29) is 6.15 Å². The average Bonchev–Trinajstić information content (AvgIpc) is 1.97. The standard InChI is InChI=1S/C12H25N.H3N/c1-10(2)8-9-13(7)12(5,6)11(10,3)4;/h8-9H2,1-7H3;1H3. The molecule has 0 radical (unpaired) electrons. The fourth-order valence-electron chi connectivity index (χ4n) is 2.34. The summed E-state index contributed by atoms with van der Waals surface area (Å²) in [7, 11) is 2.25. The first-order valence-corrected chi connectivity index (χ1v) is 5.34. The molecular weight excluding hydrogens is 172 g/mol. The van der Waals surface area contributed by atoms with Crippen LogP contribution in [-0.4, -0.2) is 24.0 Å². The van der Waals surface area contributed by atoms with E-state index in [1.807, 2.05) is 0 Å². The first-order chi connectivity index (χ1) is 5.63. The molecule has 0 amide bonds. The molecule has 0 spiro atoms. The van der Waals surface area contributed by atoms with E-state index in [2.05, 4.69) is 53.5 Å². The first kappa shape index (κ1) is 13.9. The molecule has 14 heavy (non-hydrogen) atoms. The molecule has 2 heteroatoms. The normalized spacial score (nSPS) is 29.4. The minimum Gasteiger partial charge on any atom is -0.344 e. The summed E-state index contributed by atoms with van der Waals surface area (Å²) < 4.78 is 0. The molecule has 0 aromatic rings. The van der Waals surface area contributed by atoms with Crippen molar-refractivity contribution in [2.45, 2.75) is 53.5 Å². The fraction of sp³-hybridized carbons (Fsp3) is 1.00. The Balaban J connectivity index is 0.00000169. The molecule has 0 bridgehead atoms. The van der Waals surface area contributed by atoms with Gasteiger partial charge in [0, 0.05) is 5.54 Å². The highest BCUT2D eigenvalue weighted by Gasteiger charge is 2.52. The smallest absolute Gasteiger partial charge is 0.0206 e. The highest BCUT2D eigenvalue weighted by molar-refractivity contribution is 5.05. The summed E-state index contributed by atoms with van der Waals surface area (Å²) in [6.45, 7) is 15.6. The Morgan fingerprint density at radius 2 is 1.36 bits per heavy atom. The maximum Gasteiger partial charge on any atom is 0.0206 e. The summed E-state index contributed by atoms with van der Waals surface area (Å²) in [5.74, 6) is 0. The molecule has 0 unspecified atom stereocenters. The van der Waals surface area contributed by atoms with Crippen molar-refractivity contribution >= 4 is 0 Å².